The minimum Gasteiger partial charge on any atom is -0.495 e. The first kappa shape index (κ1) is 40.5. The van der Waals surface area contributed by atoms with E-state index in [0.717, 1.165) is 11.1 Å². The van der Waals surface area contributed by atoms with Crippen molar-refractivity contribution in [1.29, 1.82) is 0 Å². The Hall–Kier alpha value is -3.30. The van der Waals surface area contributed by atoms with E-state index in [4.69, 9.17) is 35.3 Å². The molecule has 3 heterocycles. The fourth-order valence-corrected chi connectivity index (χ4v) is 7.22. The fourth-order valence-electron chi connectivity index (χ4n) is 6.72. The number of nitrogens with one attached hydrogen (secondary N) is 1. The number of hydrogen-bond acceptors (Lipinski definition) is 11. The first-order valence-corrected chi connectivity index (χ1v) is 18.0. The van der Waals surface area contributed by atoms with Gasteiger partial charge in [0, 0.05) is 46.4 Å². The molecule has 4 rings (SSSR count). The van der Waals surface area contributed by atoms with E-state index in [1.807, 2.05) is 26.0 Å². The van der Waals surface area contributed by atoms with Crippen LogP contribution in [0, 0.1) is 5.92 Å². The number of amides is 3. The van der Waals surface area contributed by atoms with Gasteiger partial charge in [-0.1, -0.05) is 42.3 Å². The maximum Gasteiger partial charge on any atom is 0.409 e. The van der Waals surface area contributed by atoms with Crippen molar-refractivity contribution in [1.82, 2.24) is 10.2 Å². The summed E-state index contributed by atoms with van der Waals surface area (Å²) < 4.78 is 29.1. The number of ether oxygens (including phenoxy) is 5. The number of aliphatic hydroxyl groups is 1. The third-order valence-electron chi connectivity index (χ3n) is 10.1. The minimum atomic E-state index is -1.81. The lowest BCUT2D eigenvalue weighted by atomic mass is 9.83. The third-order valence-corrected chi connectivity index (χ3v) is 10.7. The molecule has 13 nitrogen and oxygen atoms in total. The van der Waals surface area contributed by atoms with Gasteiger partial charge in [-0.15, -0.1) is 0 Å². The van der Waals surface area contributed by atoms with Crippen LogP contribution < -0.4 is 15.0 Å². The van der Waals surface area contributed by atoms with Crippen LogP contribution in [0.5, 0.6) is 5.75 Å². The van der Waals surface area contributed by atoms with Crippen LogP contribution in [-0.4, -0.2) is 110 Å². The number of benzene rings is 1. The molecule has 1 aromatic carbocycles. The zero-order chi connectivity index (χ0) is 37.8. The van der Waals surface area contributed by atoms with E-state index in [-0.39, 0.29) is 42.5 Å². The second kappa shape index (κ2) is 16.6. The molecule has 0 saturated carbocycles. The SMILES string of the molecule is COc1cc2cc(c1Cl)N(C)C(=O)CC[C@H](OC(=O)[C@H](C)N(C)C(=O)CCS)[C@]1(C)O[C@H]1[C@H](C)[C@@H]1C[C@@](O)(NC(=O)O1)[C@H](OC)/C=C/C=C(\C)C2. The van der Waals surface area contributed by atoms with Crippen molar-refractivity contribution in [3.63, 3.8) is 0 Å². The average molecular weight is 752 g/mol. The molecule has 3 aliphatic heterocycles. The number of esters is 1. The molecular formula is C36H50ClN3O10S. The van der Waals surface area contributed by atoms with Crippen LogP contribution in [0.4, 0.5) is 10.5 Å². The van der Waals surface area contributed by atoms with Gasteiger partial charge in [-0.25, -0.2) is 9.59 Å². The lowest BCUT2D eigenvalue weighted by Crippen LogP contribution is -2.63. The largest absolute Gasteiger partial charge is 0.495 e. The van der Waals surface area contributed by atoms with Crippen molar-refractivity contribution in [3.05, 3.63) is 46.5 Å². The number of carbonyl (C=O) groups excluding carboxylic acids is 4. The van der Waals surface area contributed by atoms with Crippen LogP contribution >= 0.6 is 24.2 Å². The molecule has 51 heavy (non-hydrogen) atoms. The molecule has 0 spiro atoms. The first-order chi connectivity index (χ1) is 24.0. The molecule has 3 aliphatic rings. The van der Waals surface area contributed by atoms with Crippen LogP contribution in [0.15, 0.2) is 35.9 Å². The van der Waals surface area contributed by atoms with E-state index in [9.17, 15) is 24.3 Å². The van der Waals surface area contributed by atoms with E-state index < -0.39 is 59.8 Å². The van der Waals surface area contributed by atoms with Crippen molar-refractivity contribution >= 4 is 53.8 Å². The van der Waals surface area contributed by atoms with Crippen molar-refractivity contribution in [2.45, 2.75) is 102 Å². The highest BCUT2D eigenvalue weighted by molar-refractivity contribution is 7.80. The van der Waals surface area contributed by atoms with E-state index in [2.05, 4.69) is 17.9 Å². The van der Waals surface area contributed by atoms with E-state index in [1.165, 1.54) is 31.1 Å². The van der Waals surface area contributed by atoms with Gasteiger partial charge in [-0.05, 0) is 57.1 Å². The second-order valence-electron chi connectivity index (χ2n) is 13.7. The molecule has 2 N–H and O–H groups in total. The molecule has 3 amide bonds. The highest BCUT2D eigenvalue weighted by atomic mass is 35.5. The summed E-state index contributed by atoms with van der Waals surface area (Å²) in [4.78, 5) is 55.4. The van der Waals surface area contributed by atoms with Gasteiger partial charge in [0.15, 0.2) is 5.72 Å². The number of halogens is 1. The van der Waals surface area contributed by atoms with Crippen LogP contribution in [-0.2, 0) is 39.8 Å². The molecule has 282 valence electrons. The standard InChI is InChI=1S/C36H50ClN3O10S/c1-20-10-9-11-28(47-8)36(45)19-26(48-34(44)38-36)21(2)32-35(4,50-32)27(49-33(43)22(3)39(5)30(42)14-15-51)12-13-29(41)40(6)24-17-23(16-20)18-25(46-7)31(24)37/h9-11,17-18,21-22,26-28,32,45,51H,12-16,19H2,1-8H3,(H,38,44)/b11-9+,20-10+/t21-,22+,26+,27+,28-,32+,35+,36+/m1/s1. The molecule has 4 bridgehead atoms. The van der Waals surface area contributed by atoms with Gasteiger partial charge in [0.2, 0.25) is 11.8 Å². The van der Waals surface area contributed by atoms with Gasteiger partial charge in [0.25, 0.3) is 0 Å². The Labute approximate surface area is 310 Å². The molecule has 8 atom stereocenters. The molecule has 2 saturated heterocycles. The molecule has 0 radical (unpaired) electrons. The number of nitrogens with zero attached hydrogens (tertiary/aromatic N) is 2. The highest BCUT2D eigenvalue weighted by Gasteiger charge is 2.64. The average Bonchev–Trinajstić information content (AvgIpc) is 3.78. The number of likely N-dealkylation sites (N-methyl/N-ethyl adjacent to an activating group) is 1. The molecule has 0 aliphatic carbocycles. The topological polar surface area (TPSA) is 156 Å². The smallest absolute Gasteiger partial charge is 0.409 e. The van der Waals surface area contributed by atoms with E-state index in [1.54, 1.807) is 39.1 Å². The van der Waals surface area contributed by atoms with Crippen LogP contribution in [0.3, 0.4) is 0 Å². The Bertz CT molecular complexity index is 1560. The number of epoxide rings is 1. The van der Waals surface area contributed by atoms with Crippen molar-refractivity contribution in [2.75, 3.05) is 39.0 Å². The van der Waals surface area contributed by atoms with E-state index in [0.29, 0.717) is 23.6 Å². The third kappa shape index (κ3) is 9.02. The second-order valence-corrected chi connectivity index (χ2v) is 14.5. The fraction of sp³-hybridized carbons (Fsp3) is 0.611. The molecule has 1 aromatic rings. The summed E-state index contributed by atoms with van der Waals surface area (Å²) in [7, 11) is 6.07. The van der Waals surface area contributed by atoms with Crippen molar-refractivity contribution in [3.8, 4) is 5.75 Å². The number of hydrogen-bond donors (Lipinski definition) is 3. The van der Waals surface area contributed by atoms with Crippen LogP contribution in [0.25, 0.3) is 0 Å². The van der Waals surface area contributed by atoms with Gasteiger partial charge >= 0.3 is 12.1 Å². The number of methoxy groups -OCH3 is 2. The van der Waals surface area contributed by atoms with E-state index >= 15 is 0 Å². The number of alkyl carbamates (subject to hydrolysis) is 1. The summed E-state index contributed by atoms with van der Waals surface area (Å²) in [5, 5.41) is 14.5. The monoisotopic (exact) mass is 751 g/mol. The predicted octanol–water partition coefficient (Wildman–Crippen LogP) is 4.22. The number of thiol groups is 1. The maximum absolute atomic E-state index is 13.8. The Morgan fingerprint density at radius 2 is 1.98 bits per heavy atom. The molecule has 2 fully saturated rings. The Morgan fingerprint density at radius 3 is 2.63 bits per heavy atom. The number of anilines is 1. The number of allylic oxidation sites excluding steroid dienone is 3. The summed E-state index contributed by atoms with van der Waals surface area (Å²) >= 11 is 10.8. The predicted molar refractivity (Wildman–Crippen MR) is 194 cm³/mol. The van der Waals surface area contributed by atoms with Crippen LogP contribution in [0.1, 0.15) is 58.9 Å². The van der Waals surface area contributed by atoms with Gasteiger partial charge in [-0.3, -0.25) is 14.9 Å². The highest BCUT2D eigenvalue weighted by Crippen LogP contribution is 2.49. The zero-order valence-corrected chi connectivity index (χ0v) is 32.1. The molecular weight excluding hydrogens is 702 g/mol. The Kier molecular flexibility index (Phi) is 13.2. The Morgan fingerprint density at radius 1 is 1.27 bits per heavy atom. The summed E-state index contributed by atoms with van der Waals surface area (Å²) in [5.41, 5.74) is -0.688. The van der Waals surface area contributed by atoms with Gasteiger partial charge in [0.1, 0.15) is 40.7 Å². The molecule has 0 aromatic heterocycles. The zero-order valence-electron chi connectivity index (χ0n) is 30.4. The summed E-state index contributed by atoms with van der Waals surface area (Å²) in [5.74, 6) is -1.00. The molecule has 0 unspecified atom stereocenters. The number of fused-ring (bicyclic) bond motifs is 5. The van der Waals surface area contributed by atoms with Crippen molar-refractivity contribution < 1.29 is 48.0 Å². The lowest BCUT2D eigenvalue weighted by molar-refractivity contribution is -0.161. The van der Waals surface area contributed by atoms with Gasteiger partial charge in [-0.2, -0.15) is 12.6 Å². The first-order valence-electron chi connectivity index (χ1n) is 16.9. The molecule has 15 heteroatoms. The maximum atomic E-state index is 13.8. The number of carbonyl (C=O) groups is 4. The number of rotatable bonds is 7. The van der Waals surface area contributed by atoms with Gasteiger partial charge in [0.05, 0.1) is 18.9 Å². The van der Waals surface area contributed by atoms with Gasteiger partial charge < -0.3 is 38.6 Å². The summed E-state index contributed by atoms with van der Waals surface area (Å²) in [6.45, 7) is 7.08. The van der Waals surface area contributed by atoms with Crippen LogP contribution in [0.2, 0.25) is 5.02 Å². The lowest BCUT2D eigenvalue weighted by Gasteiger charge is -2.42. The summed E-state index contributed by atoms with van der Waals surface area (Å²) in [6, 6.07) is 2.69. The quantitative estimate of drug-likeness (QED) is 0.210. The normalized spacial score (nSPS) is 32.2. The summed E-state index contributed by atoms with van der Waals surface area (Å²) in [6.07, 6.45) is 1.79. The van der Waals surface area contributed by atoms with Crippen molar-refractivity contribution in [2.24, 2.45) is 5.92 Å². The minimum absolute atomic E-state index is 0.0302. The Balaban J connectivity index is 1.74.